The van der Waals surface area contributed by atoms with E-state index in [9.17, 15) is 4.79 Å². The number of rotatable bonds is 4. The van der Waals surface area contributed by atoms with Gasteiger partial charge in [0.25, 0.3) is 5.91 Å². The Morgan fingerprint density at radius 3 is 2.04 bits per heavy atom. The van der Waals surface area contributed by atoms with Gasteiger partial charge in [-0.2, -0.15) is 0 Å². The number of hydrogen-bond donors (Lipinski definition) is 3. The number of thiocarbonyl (C=S) groups is 1. The first-order valence-electron chi connectivity index (χ1n) is 7.33. The number of halogens is 7. The summed E-state index contributed by atoms with van der Waals surface area (Å²) in [5.41, 5.74) is 0.499. The number of hydrogen-bond acceptors (Lipinski definition) is 2. The Hall–Kier alpha value is -0.370. The molecule has 0 aromatic heterocycles. The maximum atomic E-state index is 12.5. The lowest BCUT2D eigenvalue weighted by Gasteiger charge is -2.28. The van der Waals surface area contributed by atoms with E-state index in [1.54, 1.807) is 18.2 Å². The number of nitrogens with one attached hydrogen (secondary N) is 3. The first kappa shape index (κ1) is 23.9. The molecule has 0 bridgehead atoms. The minimum Gasteiger partial charge on any atom is -0.339 e. The summed E-state index contributed by atoms with van der Waals surface area (Å²) < 4.78 is -1.95. The summed E-state index contributed by atoms with van der Waals surface area (Å²) in [7, 11) is 0. The molecule has 3 N–H and O–H groups in total. The van der Waals surface area contributed by atoms with E-state index in [2.05, 4.69) is 16.0 Å². The van der Waals surface area contributed by atoms with Gasteiger partial charge < -0.3 is 16.0 Å². The van der Waals surface area contributed by atoms with Gasteiger partial charge in [-0.05, 0) is 36.5 Å². The molecule has 0 saturated heterocycles. The van der Waals surface area contributed by atoms with Crippen LogP contribution in [0.3, 0.4) is 0 Å². The first-order chi connectivity index (χ1) is 13.0. The lowest BCUT2D eigenvalue weighted by molar-refractivity contribution is 0.0934. The summed E-state index contributed by atoms with van der Waals surface area (Å²) in [5, 5.41) is 9.03. The van der Waals surface area contributed by atoms with Gasteiger partial charge in [-0.15, -0.1) is 0 Å². The van der Waals surface area contributed by atoms with Crippen LogP contribution in [-0.4, -0.2) is 21.0 Å². The molecule has 2 aromatic rings. The fourth-order valence-electron chi connectivity index (χ4n) is 2.00. The standard InChI is InChI=1S/C16H10Cl7N3OS/c17-7-5-10(19)12(11(20)6-7)24-15(28)26-14(16(21,22)23)25-13(27)8-3-1-2-4-9(8)18/h1-6,14H,(H,25,27)(H2,24,26,28)/t14-/m1/s1. The molecule has 1 amide bonds. The highest BCUT2D eigenvalue weighted by molar-refractivity contribution is 7.80. The molecule has 0 aliphatic carbocycles. The van der Waals surface area contributed by atoms with Crippen LogP contribution in [0, 0.1) is 0 Å². The SMILES string of the molecule is O=C(N[C@H](NC(=S)Nc1c(Cl)cc(Cl)cc1Cl)C(Cl)(Cl)Cl)c1ccccc1Cl. The molecule has 2 rings (SSSR count). The Labute approximate surface area is 201 Å². The molecule has 0 spiro atoms. The smallest absolute Gasteiger partial charge is 0.254 e. The Balaban J connectivity index is 2.16. The maximum absolute atomic E-state index is 12.5. The average molecular weight is 541 g/mol. The van der Waals surface area contributed by atoms with E-state index in [0.29, 0.717) is 10.7 Å². The molecule has 0 saturated carbocycles. The number of carbonyl (C=O) groups excluding carboxylic acids is 1. The Kier molecular flexibility index (Phi) is 8.62. The molecular formula is C16H10Cl7N3OS. The van der Waals surface area contributed by atoms with Crippen molar-refractivity contribution in [2.75, 3.05) is 5.32 Å². The molecule has 0 heterocycles. The van der Waals surface area contributed by atoms with E-state index in [0.717, 1.165) is 0 Å². The van der Waals surface area contributed by atoms with Crippen LogP contribution in [-0.2, 0) is 0 Å². The Bertz CT molecular complexity index is 881. The van der Waals surface area contributed by atoms with Crippen LogP contribution < -0.4 is 16.0 Å². The summed E-state index contributed by atoms with van der Waals surface area (Å²) in [6.45, 7) is 0. The lowest BCUT2D eigenvalue weighted by Crippen LogP contribution is -2.56. The van der Waals surface area contributed by atoms with Crippen molar-refractivity contribution in [3.8, 4) is 0 Å². The van der Waals surface area contributed by atoms with E-state index < -0.39 is 15.9 Å². The molecular weight excluding hydrogens is 530 g/mol. The number of alkyl halides is 3. The minimum atomic E-state index is -1.95. The third kappa shape index (κ3) is 6.57. The van der Waals surface area contributed by atoms with Gasteiger partial charge in [0.1, 0.15) is 6.17 Å². The Morgan fingerprint density at radius 2 is 1.50 bits per heavy atom. The van der Waals surface area contributed by atoms with Crippen molar-refractivity contribution in [1.82, 2.24) is 10.6 Å². The second-order valence-corrected chi connectivity index (χ2v) is 9.71. The molecule has 28 heavy (non-hydrogen) atoms. The molecule has 150 valence electrons. The third-order valence-corrected chi connectivity index (χ3v) is 5.26. The van der Waals surface area contributed by atoms with Crippen LogP contribution >= 0.6 is 93.4 Å². The van der Waals surface area contributed by atoms with Crippen molar-refractivity contribution in [1.29, 1.82) is 0 Å². The fraction of sp³-hybridized carbons (Fsp3) is 0.125. The number of carbonyl (C=O) groups is 1. The maximum Gasteiger partial charge on any atom is 0.254 e. The molecule has 0 aliphatic rings. The van der Waals surface area contributed by atoms with Crippen molar-refractivity contribution >= 4 is 110 Å². The van der Waals surface area contributed by atoms with Gasteiger partial charge in [-0.3, -0.25) is 4.79 Å². The topological polar surface area (TPSA) is 53.2 Å². The summed E-state index contributed by atoms with van der Waals surface area (Å²) in [6.07, 6.45) is -1.20. The number of anilines is 1. The number of benzene rings is 2. The van der Waals surface area contributed by atoms with Crippen LogP contribution in [0.4, 0.5) is 5.69 Å². The van der Waals surface area contributed by atoms with Crippen LogP contribution in [0.25, 0.3) is 0 Å². The van der Waals surface area contributed by atoms with Gasteiger partial charge >= 0.3 is 0 Å². The predicted octanol–water partition coefficient (Wildman–Crippen LogP) is 6.71. The van der Waals surface area contributed by atoms with Crippen LogP contribution in [0.15, 0.2) is 36.4 Å². The third-order valence-electron chi connectivity index (χ3n) is 3.24. The molecule has 1 atom stereocenters. The van der Waals surface area contributed by atoms with E-state index >= 15 is 0 Å². The van der Waals surface area contributed by atoms with Gasteiger partial charge in [0.05, 0.1) is 26.3 Å². The predicted molar refractivity (Wildman–Crippen MR) is 124 cm³/mol. The van der Waals surface area contributed by atoms with Crippen LogP contribution in [0.5, 0.6) is 0 Å². The molecule has 0 aliphatic heterocycles. The van der Waals surface area contributed by atoms with Gasteiger partial charge in [0.15, 0.2) is 5.11 Å². The summed E-state index contributed by atoms with van der Waals surface area (Å²) >= 11 is 47.2. The average Bonchev–Trinajstić information content (AvgIpc) is 2.57. The highest BCUT2D eigenvalue weighted by Gasteiger charge is 2.35. The van der Waals surface area contributed by atoms with Crippen LogP contribution in [0.1, 0.15) is 10.4 Å². The highest BCUT2D eigenvalue weighted by Crippen LogP contribution is 2.34. The number of amides is 1. The minimum absolute atomic E-state index is 0.0121. The summed E-state index contributed by atoms with van der Waals surface area (Å²) in [4.78, 5) is 12.5. The van der Waals surface area contributed by atoms with Gasteiger partial charge in [-0.25, -0.2) is 0 Å². The van der Waals surface area contributed by atoms with E-state index in [1.165, 1.54) is 18.2 Å². The van der Waals surface area contributed by atoms with Gasteiger partial charge in [0, 0.05) is 5.02 Å². The normalized spacial score (nSPS) is 12.2. The first-order valence-corrected chi connectivity index (χ1v) is 10.4. The second-order valence-electron chi connectivity index (χ2n) is 5.27. The molecule has 4 nitrogen and oxygen atoms in total. The van der Waals surface area contributed by atoms with Crippen LogP contribution in [0.2, 0.25) is 20.1 Å². The highest BCUT2D eigenvalue weighted by atomic mass is 35.6. The zero-order valence-corrected chi connectivity index (χ0v) is 19.6. The van der Waals surface area contributed by atoms with Crippen molar-refractivity contribution in [3.05, 3.63) is 62.1 Å². The molecule has 0 radical (unpaired) electrons. The Morgan fingerprint density at radius 1 is 0.929 bits per heavy atom. The van der Waals surface area contributed by atoms with E-state index in [-0.39, 0.29) is 25.7 Å². The second kappa shape index (κ2) is 10.1. The molecule has 0 fully saturated rings. The largest absolute Gasteiger partial charge is 0.339 e. The molecule has 12 heteroatoms. The fourth-order valence-corrected chi connectivity index (χ4v) is 3.68. The van der Waals surface area contributed by atoms with Gasteiger partial charge in [0.2, 0.25) is 3.79 Å². The molecule has 2 aromatic carbocycles. The van der Waals surface area contributed by atoms with Crippen molar-refractivity contribution in [2.45, 2.75) is 9.96 Å². The zero-order valence-electron chi connectivity index (χ0n) is 13.5. The molecule has 0 unspecified atom stereocenters. The van der Waals surface area contributed by atoms with Crippen molar-refractivity contribution < 1.29 is 4.79 Å². The van der Waals surface area contributed by atoms with Gasteiger partial charge in [-0.1, -0.05) is 93.3 Å². The summed E-state index contributed by atoms with van der Waals surface area (Å²) in [6, 6.07) is 9.37. The van der Waals surface area contributed by atoms with Crippen molar-refractivity contribution in [2.24, 2.45) is 0 Å². The quantitative estimate of drug-likeness (QED) is 0.229. The van der Waals surface area contributed by atoms with E-state index in [1.807, 2.05) is 0 Å². The zero-order chi connectivity index (χ0) is 21.1. The summed E-state index contributed by atoms with van der Waals surface area (Å²) in [5.74, 6) is -0.570. The lowest BCUT2D eigenvalue weighted by atomic mass is 10.2. The van der Waals surface area contributed by atoms with E-state index in [4.69, 9.17) is 93.4 Å². The van der Waals surface area contributed by atoms with Crippen molar-refractivity contribution in [3.63, 3.8) is 0 Å². The monoisotopic (exact) mass is 537 g/mol.